The number of ether oxygens (including phenoxy) is 2. The van der Waals surface area contributed by atoms with E-state index in [1.54, 1.807) is 32.4 Å². The number of nitrogens with zero attached hydrogens (tertiary/aromatic N) is 1. The number of amides is 1. The fourth-order valence-corrected chi connectivity index (χ4v) is 3.62. The van der Waals surface area contributed by atoms with Crippen molar-refractivity contribution < 1.29 is 14.3 Å². The van der Waals surface area contributed by atoms with E-state index >= 15 is 0 Å². The van der Waals surface area contributed by atoms with Crippen molar-refractivity contribution in [3.8, 4) is 11.5 Å². The minimum Gasteiger partial charge on any atom is -0.497 e. The predicted molar refractivity (Wildman–Crippen MR) is 86.9 cm³/mol. The molecule has 1 aromatic rings. The minimum atomic E-state index is 0. The van der Waals surface area contributed by atoms with Gasteiger partial charge in [0.15, 0.2) is 0 Å². The van der Waals surface area contributed by atoms with Gasteiger partial charge in [-0.1, -0.05) is 0 Å². The SMILES string of the molecule is COc1ccc(C(=O)N2CC3CCC(N)C3C2)c(OC)c1.Cl. The van der Waals surface area contributed by atoms with Crippen molar-refractivity contribution in [2.24, 2.45) is 17.6 Å². The summed E-state index contributed by atoms with van der Waals surface area (Å²) in [6, 6.07) is 5.55. The fourth-order valence-electron chi connectivity index (χ4n) is 3.62. The van der Waals surface area contributed by atoms with E-state index in [1.165, 1.54) is 0 Å². The number of nitrogens with two attached hydrogens (primary N) is 1. The van der Waals surface area contributed by atoms with Crippen LogP contribution in [0.1, 0.15) is 23.2 Å². The average Bonchev–Trinajstić information content (AvgIpc) is 3.08. The zero-order valence-electron chi connectivity index (χ0n) is 13.0. The van der Waals surface area contributed by atoms with Gasteiger partial charge in [0.05, 0.1) is 19.8 Å². The standard InChI is InChI=1S/C16H22N2O3.ClH/c1-20-11-4-5-12(15(7-11)21-2)16(19)18-8-10-3-6-14(17)13(10)9-18;/h4-5,7,10,13-14H,3,6,8-9,17H2,1-2H3;1H. The lowest BCUT2D eigenvalue weighted by molar-refractivity contribution is 0.0776. The predicted octanol–water partition coefficient (Wildman–Crippen LogP) is 1.93. The first-order valence-electron chi connectivity index (χ1n) is 7.41. The van der Waals surface area contributed by atoms with Crippen molar-refractivity contribution in [3.05, 3.63) is 23.8 Å². The second-order valence-electron chi connectivity index (χ2n) is 5.94. The smallest absolute Gasteiger partial charge is 0.257 e. The largest absolute Gasteiger partial charge is 0.497 e. The molecule has 0 aromatic heterocycles. The number of hydrogen-bond donors (Lipinski definition) is 1. The molecule has 3 unspecified atom stereocenters. The summed E-state index contributed by atoms with van der Waals surface area (Å²) >= 11 is 0. The van der Waals surface area contributed by atoms with Crippen molar-refractivity contribution in [2.75, 3.05) is 27.3 Å². The molecular formula is C16H23ClN2O3. The van der Waals surface area contributed by atoms with Crippen LogP contribution in [0.25, 0.3) is 0 Å². The Kier molecular flexibility index (Phi) is 5.19. The lowest BCUT2D eigenvalue weighted by atomic mass is 9.98. The van der Waals surface area contributed by atoms with Gasteiger partial charge in [0, 0.05) is 25.2 Å². The first-order chi connectivity index (χ1) is 10.1. The molecule has 2 aliphatic rings. The van der Waals surface area contributed by atoms with Crippen LogP contribution in [0, 0.1) is 11.8 Å². The highest BCUT2D eigenvalue weighted by Crippen LogP contribution is 2.38. The topological polar surface area (TPSA) is 64.8 Å². The zero-order chi connectivity index (χ0) is 15.0. The van der Waals surface area contributed by atoms with Crippen LogP contribution in [0.2, 0.25) is 0 Å². The Labute approximate surface area is 137 Å². The van der Waals surface area contributed by atoms with E-state index in [0.29, 0.717) is 28.9 Å². The molecule has 2 fully saturated rings. The Morgan fingerprint density at radius 1 is 1.23 bits per heavy atom. The summed E-state index contributed by atoms with van der Waals surface area (Å²) in [5, 5.41) is 0. The van der Waals surface area contributed by atoms with Crippen LogP contribution in [0.3, 0.4) is 0 Å². The highest BCUT2D eigenvalue weighted by molar-refractivity contribution is 5.97. The van der Waals surface area contributed by atoms with Crippen LogP contribution in [0.4, 0.5) is 0 Å². The number of fused-ring (bicyclic) bond motifs is 1. The zero-order valence-corrected chi connectivity index (χ0v) is 13.8. The van der Waals surface area contributed by atoms with Gasteiger partial charge >= 0.3 is 0 Å². The summed E-state index contributed by atoms with van der Waals surface area (Å²) in [4.78, 5) is 14.6. The van der Waals surface area contributed by atoms with E-state index in [1.807, 2.05) is 4.90 Å². The van der Waals surface area contributed by atoms with Gasteiger partial charge in [-0.25, -0.2) is 0 Å². The molecule has 1 aliphatic carbocycles. The van der Waals surface area contributed by atoms with Crippen molar-refractivity contribution in [1.82, 2.24) is 4.90 Å². The Bertz CT molecular complexity index is 552. The molecule has 3 atom stereocenters. The monoisotopic (exact) mass is 326 g/mol. The maximum atomic E-state index is 12.7. The molecule has 0 bridgehead atoms. The molecule has 1 saturated carbocycles. The molecule has 6 heteroatoms. The third-order valence-electron chi connectivity index (χ3n) is 4.84. The third-order valence-corrected chi connectivity index (χ3v) is 4.84. The van der Waals surface area contributed by atoms with Gasteiger partial charge in [-0.15, -0.1) is 12.4 Å². The van der Waals surface area contributed by atoms with Gasteiger partial charge in [-0.05, 0) is 36.8 Å². The number of halogens is 1. The van der Waals surface area contributed by atoms with E-state index < -0.39 is 0 Å². The second-order valence-corrected chi connectivity index (χ2v) is 5.94. The first-order valence-corrected chi connectivity index (χ1v) is 7.41. The molecule has 1 amide bonds. The number of carbonyl (C=O) groups is 1. The minimum absolute atomic E-state index is 0. The summed E-state index contributed by atoms with van der Waals surface area (Å²) in [7, 11) is 3.17. The van der Waals surface area contributed by atoms with E-state index in [2.05, 4.69) is 0 Å². The fraction of sp³-hybridized carbons (Fsp3) is 0.562. The third kappa shape index (κ3) is 2.88. The van der Waals surface area contributed by atoms with Gasteiger partial charge in [0.1, 0.15) is 11.5 Å². The first kappa shape index (κ1) is 16.9. The molecule has 0 spiro atoms. The molecule has 22 heavy (non-hydrogen) atoms. The van der Waals surface area contributed by atoms with Crippen LogP contribution >= 0.6 is 12.4 Å². The quantitative estimate of drug-likeness (QED) is 0.922. The summed E-state index contributed by atoms with van der Waals surface area (Å²) in [5.41, 5.74) is 6.73. The van der Waals surface area contributed by atoms with Crippen molar-refractivity contribution in [1.29, 1.82) is 0 Å². The van der Waals surface area contributed by atoms with Crippen LogP contribution in [0.5, 0.6) is 11.5 Å². The van der Waals surface area contributed by atoms with E-state index in [9.17, 15) is 4.79 Å². The van der Waals surface area contributed by atoms with E-state index in [4.69, 9.17) is 15.2 Å². The maximum Gasteiger partial charge on any atom is 0.257 e. The van der Waals surface area contributed by atoms with Gasteiger partial charge in [-0.3, -0.25) is 4.79 Å². The molecule has 3 rings (SSSR count). The maximum absolute atomic E-state index is 12.7. The van der Waals surface area contributed by atoms with Crippen LogP contribution in [-0.2, 0) is 0 Å². The van der Waals surface area contributed by atoms with Gasteiger partial charge in [0.2, 0.25) is 0 Å². The molecular weight excluding hydrogens is 304 g/mol. The average molecular weight is 327 g/mol. The highest BCUT2D eigenvalue weighted by atomic mass is 35.5. The number of carbonyl (C=O) groups excluding carboxylic acids is 1. The van der Waals surface area contributed by atoms with Gasteiger partial charge in [0.25, 0.3) is 5.91 Å². The highest BCUT2D eigenvalue weighted by Gasteiger charge is 2.42. The number of methoxy groups -OCH3 is 2. The lowest BCUT2D eigenvalue weighted by Gasteiger charge is -2.20. The molecule has 5 nitrogen and oxygen atoms in total. The van der Waals surface area contributed by atoms with Crippen LogP contribution in [0.15, 0.2) is 18.2 Å². The van der Waals surface area contributed by atoms with E-state index in [-0.39, 0.29) is 24.4 Å². The van der Waals surface area contributed by atoms with Crippen molar-refractivity contribution >= 4 is 18.3 Å². The van der Waals surface area contributed by atoms with Crippen LogP contribution < -0.4 is 15.2 Å². The molecule has 1 aliphatic heterocycles. The van der Waals surface area contributed by atoms with Crippen molar-refractivity contribution in [3.63, 3.8) is 0 Å². The second kappa shape index (κ2) is 6.75. The Morgan fingerprint density at radius 2 is 2.00 bits per heavy atom. The van der Waals surface area contributed by atoms with E-state index in [0.717, 1.165) is 25.9 Å². The summed E-state index contributed by atoms with van der Waals surface area (Å²) < 4.78 is 10.5. The Balaban J connectivity index is 0.00000176. The summed E-state index contributed by atoms with van der Waals surface area (Å²) in [6.45, 7) is 1.58. The Morgan fingerprint density at radius 3 is 2.64 bits per heavy atom. The molecule has 1 heterocycles. The summed E-state index contributed by atoms with van der Waals surface area (Å²) in [6.07, 6.45) is 2.22. The van der Waals surface area contributed by atoms with Crippen molar-refractivity contribution in [2.45, 2.75) is 18.9 Å². The Hall–Kier alpha value is -1.46. The summed E-state index contributed by atoms with van der Waals surface area (Å²) in [5.74, 6) is 2.28. The number of rotatable bonds is 3. The van der Waals surface area contributed by atoms with Crippen LogP contribution in [-0.4, -0.2) is 44.2 Å². The molecule has 1 aromatic carbocycles. The molecule has 1 saturated heterocycles. The number of likely N-dealkylation sites (tertiary alicyclic amines) is 1. The molecule has 2 N–H and O–H groups in total. The van der Waals surface area contributed by atoms with Gasteiger partial charge in [-0.2, -0.15) is 0 Å². The molecule has 122 valence electrons. The lowest BCUT2D eigenvalue weighted by Crippen LogP contribution is -2.33. The number of hydrogen-bond acceptors (Lipinski definition) is 4. The number of benzene rings is 1. The normalized spacial score (nSPS) is 26.3. The van der Waals surface area contributed by atoms with Gasteiger partial charge < -0.3 is 20.1 Å². The molecule has 0 radical (unpaired) electrons.